The maximum Gasteiger partial charge on any atom is 0.420 e. The molecule has 0 atom stereocenters. The summed E-state index contributed by atoms with van der Waals surface area (Å²) in [7, 11) is 0. The maximum absolute atomic E-state index is 14.0. The summed E-state index contributed by atoms with van der Waals surface area (Å²) >= 11 is 0. The molecular formula is C30H14F8O4. The van der Waals surface area contributed by atoms with E-state index in [1.807, 2.05) is 0 Å². The molecule has 0 bridgehead atoms. The Labute approximate surface area is 230 Å². The van der Waals surface area contributed by atoms with Crippen LogP contribution in [0.15, 0.2) is 66.7 Å². The highest BCUT2D eigenvalue weighted by molar-refractivity contribution is 6.09. The predicted molar refractivity (Wildman–Crippen MR) is 134 cm³/mol. The molecule has 0 saturated carbocycles. The number of carbonyl (C=O) groups is 2. The van der Waals surface area contributed by atoms with Crippen LogP contribution in [-0.4, -0.2) is 11.9 Å². The molecule has 0 amide bonds. The monoisotopic (exact) mass is 590 g/mol. The minimum absolute atomic E-state index is 0.0695. The van der Waals surface area contributed by atoms with Crippen molar-refractivity contribution in [3.63, 3.8) is 0 Å². The van der Waals surface area contributed by atoms with E-state index < -0.39 is 69.6 Å². The van der Waals surface area contributed by atoms with Crippen molar-refractivity contribution in [2.24, 2.45) is 0 Å². The Morgan fingerprint density at radius 1 is 0.619 bits per heavy atom. The highest BCUT2D eigenvalue weighted by atomic mass is 19.4. The first-order valence-electron chi connectivity index (χ1n) is 11.9. The van der Waals surface area contributed by atoms with Crippen LogP contribution < -0.4 is 9.47 Å². The second kappa shape index (κ2) is 10.4. The summed E-state index contributed by atoms with van der Waals surface area (Å²) in [6, 6.07) is 10.5. The zero-order valence-electron chi connectivity index (χ0n) is 21.0. The average Bonchev–Trinajstić information content (AvgIpc) is 2.92. The van der Waals surface area contributed by atoms with E-state index in [0.717, 1.165) is 18.2 Å². The Morgan fingerprint density at radius 3 is 1.86 bits per heavy atom. The van der Waals surface area contributed by atoms with Crippen molar-refractivity contribution in [2.75, 3.05) is 0 Å². The van der Waals surface area contributed by atoms with Crippen molar-refractivity contribution in [1.29, 1.82) is 0 Å². The lowest BCUT2D eigenvalue weighted by atomic mass is 9.97. The summed E-state index contributed by atoms with van der Waals surface area (Å²) in [6.45, 7) is 1.45. The molecule has 0 radical (unpaired) electrons. The van der Waals surface area contributed by atoms with E-state index in [1.165, 1.54) is 31.2 Å². The third-order valence-corrected chi connectivity index (χ3v) is 6.35. The zero-order chi connectivity index (χ0) is 30.5. The third kappa shape index (κ3) is 5.22. The van der Waals surface area contributed by atoms with Gasteiger partial charge in [-0.1, -0.05) is 12.1 Å². The van der Waals surface area contributed by atoms with Gasteiger partial charge in [0.15, 0.2) is 29.1 Å². The van der Waals surface area contributed by atoms with Gasteiger partial charge in [0.1, 0.15) is 11.5 Å². The average molecular weight is 590 g/mol. The van der Waals surface area contributed by atoms with E-state index in [1.54, 1.807) is 0 Å². The largest absolute Gasteiger partial charge is 0.423 e. The van der Waals surface area contributed by atoms with Crippen LogP contribution in [0.1, 0.15) is 31.8 Å². The summed E-state index contributed by atoms with van der Waals surface area (Å²) in [5.41, 5.74) is -2.48. The molecule has 0 aliphatic rings. The van der Waals surface area contributed by atoms with Crippen molar-refractivity contribution in [1.82, 2.24) is 0 Å². The van der Waals surface area contributed by atoms with Crippen molar-refractivity contribution in [2.45, 2.75) is 13.1 Å². The normalized spacial score (nSPS) is 11.6. The minimum atomic E-state index is -5.00. The number of hydrogen-bond acceptors (Lipinski definition) is 4. The molecule has 0 aromatic heterocycles. The summed E-state index contributed by atoms with van der Waals surface area (Å²) in [5.74, 6) is -11.4. The molecule has 0 aliphatic carbocycles. The standard InChI is InChI=1S/C30H14F8O4/c1-13-8-18-14(10-24(13)41-29(40)17-5-7-22(32)27(35)26(17)34)2-3-15-11-25(20(12-19(15)18)30(36,37)38)42-28(39)16-4-6-21(31)23(33)9-16/h2-12H,1H3. The Kier molecular flexibility index (Phi) is 7.09. The topological polar surface area (TPSA) is 52.6 Å². The molecule has 0 aliphatic heterocycles. The van der Waals surface area contributed by atoms with E-state index in [4.69, 9.17) is 9.47 Å². The summed E-state index contributed by atoms with van der Waals surface area (Å²) in [4.78, 5) is 24.9. The van der Waals surface area contributed by atoms with Gasteiger partial charge in [0.05, 0.1) is 16.7 Å². The number of aryl methyl sites for hydroxylation is 1. The predicted octanol–water partition coefficient (Wildman–Crippen LogP) is 8.45. The number of halogens is 8. The molecule has 0 unspecified atom stereocenters. The molecular weight excluding hydrogens is 576 g/mol. The summed E-state index contributed by atoms with van der Waals surface area (Å²) < 4.78 is 120. The fraction of sp³-hybridized carbons (Fsp3) is 0.0667. The van der Waals surface area contributed by atoms with Crippen molar-refractivity contribution >= 4 is 33.5 Å². The molecule has 42 heavy (non-hydrogen) atoms. The van der Waals surface area contributed by atoms with Gasteiger partial charge in [-0.3, -0.25) is 0 Å². The van der Waals surface area contributed by atoms with E-state index >= 15 is 0 Å². The number of fused-ring (bicyclic) bond motifs is 3. The van der Waals surface area contributed by atoms with Crippen LogP contribution in [0.4, 0.5) is 35.1 Å². The van der Waals surface area contributed by atoms with Gasteiger partial charge in [-0.05, 0) is 88.6 Å². The molecule has 0 spiro atoms. The van der Waals surface area contributed by atoms with Crippen molar-refractivity contribution < 1.29 is 54.2 Å². The summed E-state index contributed by atoms with van der Waals surface area (Å²) in [6.07, 6.45) is -5.00. The SMILES string of the molecule is Cc1cc2c(ccc3cc(OC(=O)c4ccc(F)c(F)c4)c(C(F)(F)F)cc32)cc1OC(=O)c1ccc(F)c(F)c1F. The van der Waals surface area contributed by atoms with Gasteiger partial charge in [-0.2, -0.15) is 13.2 Å². The highest BCUT2D eigenvalue weighted by Crippen LogP contribution is 2.41. The van der Waals surface area contributed by atoms with Gasteiger partial charge < -0.3 is 9.47 Å². The van der Waals surface area contributed by atoms with Crippen LogP contribution >= 0.6 is 0 Å². The molecule has 5 aromatic carbocycles. The highest BCUT2D eigenvalue weighted by Gasteiger charge is 2.36. The Balaban J connectivity index is 1.55. The fourth-order valence-electron chi connectivity index (χ4n) is 4.26. The number of carbonyl (C=O) groups excluding carboxylic acids is 2. The van der Waals surface area contributed by atoms with Gasteiger partial charge >= 0.3 is 18.1 Å². The Bertz CT molecular complexity index is 1930. The van der Waals surface area contributed by atoms with E-state index in [0.29, 0.717) is 29.7 Å². The lowest BCUT2D eigenvalue weighted by molar-refractivity contribution is -0.138. The molecule has 5 rings (SSSR count). The first-order valence-corrected chi connectivity index (χ1v) is 11.9. The fourth-order valence-corrected chi connectivity index (χ4v) is 4.26. The number of ether oxygens (including phenoxy) is 2. The van der Waals surface area contributed by atoms with Gasteiger partial charge in [0, 0.05) is 0 Å². The number of alkyl halides is 3. The van der Waals surface area contributed by atoms with Gasteiger partial charge in [0.2, 0.25) is 0 Å². The van der Waals surface area contributed by atoms with Crippen molar-refractivity contribution in [3.8, 4) is 11.5 Å². The first kappa shape index (κ1) is 28.5. The lowest BCUT2D eigenvalue weighted by Gasteiger charge is -2.16. The van der Waals surface area contributed by atoms with Crippen LogP contribution in [0.25, 0.3) is 21.5 Å². The minimum Gasteiger partial charge on any atom is -0.423 e. The number of hydrogen-bond donors (Lipinski definition) is 0. The van der Waals surface area contributed by atoms with E-state index in [2.05, 4.69) is 0 Å². The van der Waals surface area contributed by atoms with E-state index in [-0.39, 0.29) is 27.5 Å². The van der Waals surface area contributed by atoms with Crippen LogP contribution in [-0.2, 0) is 6.18 Å². The van der Waals surface area contributed by atoms with Gasteiger partial charge in [-0.15, -0.1) is 0 Å². The second-order valence-electron chi connectivity index (χ2n) is 9.10. The van der Waals surface area contributed by atoms with Crippen LogP contribution in [0.2, 0.25) is 0 Å². The molecule has 4 nitrogen and oxygen atoms in total. The van der Waals surface area contributed by atoms with Gasteiger partial charge in [0.25, 0.3) is 0 Å². The van der Waals surface area contributed by atoms with Crippen LogP contribution in [0, 0.1) is 36.0 Å². The molecule has 214 valence electrons. The quantitative estimate of drug-likeness (QED) is 0.0693. The molecule has 0 fully saturated rings. The molecule has 0 saturated heterocycles. The smallest absolute Gasteiger partial charge is 0.420 e. The Morgan fingerprint density at radius 2 is 1.21 bits per heavy atom. The number of benzene rings is 5. The van der Waals surface area contributed by atoms with Gasteiger partial charge in [-0.25, -0.2) is 31.5 Å². The maximum atomic E-state index is 14.0. The number of rotatable bonds is 4. The zero-order valence-corrected chi connectivity index (χ0v) is 21.0. The number of esters is 2. The molecule has 0 heterocycles. The third-order valence-electron chi connectivity index (χ3n) is 6.35. The van der Waals surface area contributed by atoms with E-state index in [9.17, 15) is 44.7 Å². The van der Waals surface area contributed by atoms with Crippen LogP contribution in [0.3, 0.4) is 0 Å². The van der Waals surface area contributed by atoms with Crippen molar-refractivity contribution in [3.05, 3.63) is 118 Å². The molecule has 12 heteroatoms. The molecule has 5 aromatic rings. The second-order valence-corrected chi connectivity index (χ2v) is 9.10. The molecule has 0 N–H and O–H groups in total. The first-order chi connectivity index (χ1) is 19.7. The van der Waals surface area contributed by atoms with Crippen LogP contribution in [0.5, 0.6) is 11.5 Å². The lowest BCUT2D eigenvalue weighted by Crippen LogP contribution is -2.14. The Hall–Kier alpha value is -5.00. The summed E-state index contributed by atoms with van der Waals surface area (Å²) in [5, 5.41) is 0.839.